The molecule has 1 nitrogen and oxygen atoms in total. The smallest absolute Gasteiger partial charge is 0.143 e. The Labute approximate surface area is 98.3 Å². The molecule has 2 unspecified atom stereocenters. The highest BCUT2D eigenvalue weighted by molar-refractivity contribution is 5.94. The summed E-state index contributed by atoms with van der Waals surface area (Å²) in [5.41, 5.74) is 1.85. The molecule has 88 valence electrons. The summed E-state index contributed by atoms with van der Waals surface area (Å²) in [5.74, 6) is 1.14. The van der Waals surface area contributed by atoms with Crippen molar-refractivity contribution in [2.45, 2.75) is 53.4 Å². The van der Waals surface area contributed by atoms with Gasteiger partial charge in [0.25, 0.3) is 0 Å². The van der Waals surface area contributed by atoms with Crippen molar-refractivity contribution >= 4 is 5.78 Å². The molecule has 0 heterocycles. The van der Waals surface area contributed by atoms with Crippen LogP contribution >= 0.6 is 0 Å². The molecule has 1 heteroatoms. The molecule has 0 aliphatic heterocycles. The van der Waals surface area contributed by atoms with Crippen molar-refractivity contribution in [1.29, 1.82) is 0 Å². The zero-order valence-corrected chi connectivity index (χ0v) is 10.9. The van der Waals surface area contributed by atoms with Crippen molar-refractivity contribution in [3.8, 4) is 0 Å². The Morgan fingerprint density at radius 3 is 2.56 bits per heavy atom. The Kier molecular flexibility index (Phi) is 1.73. The number of hydrogen-bond acceptors (Lipinski definition) is 1. The van der Waals surface area contributed by atoms with Crippen molar-refractivity contribution in [2.75, 3.05) is 0 Å². The lowest BCUT2D eigenvalue weighted by Gasteiger charge is -2.49. The van der Waals surface area contributed by atoms with Crippen LogP contribution in [0.4, 0.5) is 0 Å². The first kappa shape index (κ1) is 10.6. The van der Waals surface area contributed by atoms with Gasteiger partial charge in [0.2, 0.25) is 0 Å². The third kappa shape index (κ3) is 0.881. The van der Waals surface area contributed by atoms with Crippen LogP contribution in [-0.4, -0.2) is 5.78 Å². The van der Waals surface area contributed by atoms with Gasteiger partial charge in [0, 0.05) is 6.42 Å². The van der Waals surface area contributed by atoms with E-state index in [-0.39, 0.29) is 16.2 Å². The summed E-state index contributed by atoms with van der Waals surface area (Å²) in [6, 6.07) is 0. The number of rotatable bonds is 0. The molecule has 3 aliphatic carbocycles. The first-order valence-corrected chi connectivity index (χ1v) is 6.57. The van der Waals surface area contributed by atoms with Crippen LogP contribution in [0.5, 0.6) is 0 Å². The number of Topliss-reactive ketones (excluding diaryl/α,β-unsaturated/α-hetero) is 1. The molecule has 0 N–H and O–H groups in total. The number of allylic oxidation sites excluding steroid dienone is 2. The second-order valence-electron chi connectivity index (χ2n) is 7.20. The minimum absolute atomic E-state index is 0.0839. The summed E-state index contributed by atoms with van der Waals surface area (Å²) in [6.45, 7) is 9.31. The molecule has 0 aromatic carbocycles. The quantitative estimate of drug-likeness (QED) is 0.566. The summed E-state index contributed by atoms with van der Waals surface area (Å²) < 4.78 is 0. The SMILES string of the molecule is CC1(C)C2=CCCC(C)(C)C23CC1CC3=O. The third-order valence-electron chi connectivity index (χ3n) is 5.91. The molecule has 2 bridgehead atoms. The van der Waals surface area contributed by atoms with Crippen molar-refractivity contribution in [1.82, 2.24) is 0 Å². The van der Waals surface area contributed by atoms with Crippen LogP contribution in [-0.2, 0) is 4.79 Å². The Morgan fingerprint density at radius 2 is 1.94 bits per heavy atom. The molecule has 3 rings (SSSR count). The van der Waals surface area contributed by atoms with E-state index in [0.29, 0.717) is 11.7 Å². The predicted molar refractivity (Wildman–Crippen MR) is 65.0 cm³/mol. The molecule has 0 radical (unpaired) electrons. The van der Waals surface area contributed by atoms with E-state index in [0.717, 1.165) is 19.3 Å². The Hall–Kier alpha value is -0.590. The number of carbonyl (C=O) groups excluding carboxylic acids is 1. The normalized spacial score (nSPS) is 43.1. The molecule has 1 spiro atoms. The van der Waals surface area contributed by atoms with E-state index in [1.807, 2.05) is 0 Å². The minimum Gasteiger partial charge on any atom is -0.299 e. The van der Waals surface area contributed by atoms with E-state index < -0.39 is 0 Å². The minimum atomic E-state index is -0.0839. The molecular weight excluding hydrogens is 196 g/mol. The standard InChI is InChI=1S/C15H22O/c1-13(2)7-5-6-11-14(3,4)10-8-12(16)15(11,13)9-10/h6,10H,5,7-9H2,1-4H3. The van der Waals surface area contributed by atoms with Gasteiger partial charge in [-0.3, -0.25) is 4.79 Å². The molecule has 0 amide bonds. The van der Waals surface area contributed by atoms with Crippen LogP contribution in [0.3, 0.4) is 0 Å². The van der Waals surface area contributed by atoms with E-state index in [1.165, 1.54) is 12.0 Å². The fraction of sp³-hybridized carbons (Fsp3) is 0.800. The van der Waals surface area contributed by atoms with Crippen LogP contribution in [0.1, 0.15) is 53.4 Å². The van der Waals surface area contributed by atoms with Crippen LogP contribution in [0, 0.1) is 22.2 Å². The van der Waals surface area contributed by atoms with Gasteiger partial charge in [-0.2, -0.15) is 0 Å². The maximum absolute atomic E-state index is 12.5. The summed E-state index contributed by atoms with van der Waals surface area (Å²) in [4.78, 5) is 12.5. The Bertz CT molecular complexity index is 400. The zero-order chi connectivity index (χ0) is 11.8. The molecule has 0 aromatic rings. The van der Waals surface area contributed by atoms with Crippen molar-refractivity contribution < 1.29 is 4.79 Å². The number of carbonyl (C=O) groups is 1. The van der Waals surface area contributed by atoms with Crippen LogP contribution in [0.2, 0.25) is 0 Å². The molecule has 2 fully saturated rings. The second kappa shape index (κ2) is 2.63. The maximum atomic E-state index is 12.5. The number of hydrogen-bond donors (Lipinski definition) is 0. The third-order valence-corrected chi connectivity index (χ3v) is 5.91. The average molecular weight is 218 g/mol. The molecular formula is C15H22O. The molecule has 0 saturated heterocycles. The summed E-state index contributed by atoms with van der Waals surface area (Å²) in [7, 11) is 0. The lowest BCUT2D eigenvalue weighted by atomic mass is 9.53. The highest BCUT2D eigenvalue weighted by Crippen LogP contribution is 2.72. The van der Waals surface area contributed by atoms with E-state index >= 15 is 0 Å². The fourth-order valence-electron chi connectivity index (χ4n) is 4.74. The van der Waals surface area contributed by atoms with E-state index in [1.54, 1.807) is 0 Å². The molecule has 2 atom stereocenters. The average Bonchev–Trinajstić information content (AvgIpc) is 2.59. The second-order valence-corrected chi connectivity index (χ2v) is 7.20. The van der Waals surface area contributed by atoms with Crippen molar-refractivity contribution in [3.05, 3.63) is 11.6 Å². The lowest BCUT2D eigenvalue weighted by molar-refractivity contribution is -0.131. The van der Waals surface area contributed by atoms with E-state index in [9.17, 15) is 4.79 Å². The van der Waals surface area contributed by atoms with Gasteiger partial charge in [-0.1, -0.05) is 39.3 Å². The lowest BCUT2D eigenvalue weighted by Crippen LogP contribution is -2.47. The van der Waals surface area contributed by atoms with Crippen molar-refractivity contribution in [2.24, 2.45) is 22.2 Å². The fourth-order valence-corrected chi connectivity index (χ4v) is 4.74. The monoisotopic (exact) mass is 218 g/mol. The maximum Gasteiger partial charge on any atom is 0.143 e. The first-order chi connectivity index (χ1) is 7.32. The van der Waals surface area contributed by atoms with Gasteiger partial charge in [0.05, 0.1) is 5.41 Å². The number of ketones is 1. The van der Waals surface area contributed by atoms with Gasteiger partial charge in [-0.25, -0.2) is 0 Å². The first-order valence-electron chi connectivity index (χ1n) is 6.57. The topological polar surface area (TPSA) is 17.1 Å². The summed E-state index contributed by atoms with van der Waals surface area (Å²) in [5, 5.41) is 0. The highest BCUT2D eigenvalue weighted by Gasteiger charge is 2.68. The Morgan fingerprint density at radius 1 is 1.25 bits per heavy atom. The molecule has 3 aliphatic rings. The van der Waals surface area contributed by atoms with Crippen LogP contribution < -0.4 is 0 Å². The molecule has 16 heavy (non-hydrogen) atoms. The number of fused-ring (bicyclic) bond motifs is 1. The molecule has 0 aromatic heterocycles. The molecule has 2 saturated carbocycles. The summed E-state index contributed by atoms with van der Waals surface area (Å²) >= 11 is 0. The predicted octanol–water partition coefficient (Wildman–Crippen LogP) is 3.74. The van der Waals surface area contributed by atoms with E-state index in [2.05, 4.69) is 33.8 Å². The van der Waals surface area contributed by atoms with Crippen molar-refractivity contribution in [3.63, 3.8) is 0 Å². The van der Waals surface area contributed by atoms with Gasteiger partial charge >= 0.3 is 0 Å². The van der Waals surface area contributed by atoms with Gasteiger partial charge in [-0.15, -0.1) is 0 Å². The Balaban J connectivity index is 2.24. The summed E-state index contributed by atoms with van der Waals surface area (Å²) in [6.07, 6.45) is 6.67. The van der Waals surface area contributed by atoms with E-state index in [4.69, 9.17) is 0 Å². The zero-order valence-electron chi connectivity index (χ0n) is 10.9. The highest BCUT2D eigenvalue weighted by atomic mass is 16.1. The largest absolute Gasteiger partial charge is 0.299 e. The van der Waals surface area contributed by atoms with Crippen LogP contribution in [0.15, 0.2) is 11.6 Å². The van der Waals surface area contributed by atoms with Crippen LogP contribution in [0.25, 0.3) is 0 Å². The van der Waals surface area contributed by atoms with Gasteiger partial charge in [-0.05, 0) is 36.0 Å². The van der Waals surface area contributed by atoms with Gasteiger partial charge in [0.1, 0.15) is 5.78 Å². The van der Waals surface area contributed by atoms with Gasteiger partial charge < -0.3 is 0 Å². The van der Waals surface area contributed by atoms with Gasteiger partial charge in [0.15, 0.2) is 0 Å².